The zero-order chi connectivity index (χ0) is 22.2. The zero-order valence-electron chi connectivity index (χ0n) is 18.0. The van der Waals surface area contributed by atoms with Crippen LogP contribution in [0.4, 0.5) is 16.3 Å². The van der Waals surface area contributed by atoms with Gasteiger partial charge in [-0.15, -0.1) is 0 Å². The Morgan fingerprint density at radius 2 is 1.61 bits per heavy atom. The summed E-state index contributed by atoms with van der Waals surface area (Å²) in [7, 11) is 0. The van der Waals surface area contributed by atoms with Crippen molar-refractivity contribution in [1.29, 1.82) is 0 Å². The molecule has 0 aliphatic heterocycles. The molecule has 31 heavy (non-hydrogen) atoms. The molecule has 6 heteroatoms. The Bertz CT molecular complexity index is 1250. The number of halogens is 1. The van der Waals surface area contributed by atoms with Crippen molar-refractivity contribution in [3.63, 3.8) is 0 Å². The van der Waals surface area contributed by atoms with Gasteiger partial charge in [0.25, 0.3) is 0 Å². The maximum absolute atomic E-state index is 12.9. The van der Waals surface area contributed by atoms with Crippen molar-refractivity contribution >= 4 is 39.9 Å². The van der Waals surface area contributed by atoms with Crippen LogP contribution in [0.1, 0.15) is 32.0 Å². The number of carbonyl (C=O) groups is 1. The van der Waals surface area contributed by atoms with E-state index in [0.717, 1.165) is 27.7 Å². The SMILES string of the molecule is Cc1ccc(-n2nc(C(C)(C)C)cc2NC(=O)Nc2ccc(Cl)c3ccccc23)cc1. The quantitative estimate of drug-likeness (QED) is 0.368. The Balaban J connectivity index is 1.66. The van der Waals surface area contributed by atoms with Crippen molar-refractivity contribution in [3.8, 4) is 5.69 Å². The average molecular weight is 433 g/mol. The molecule has 0 unspecified atom stereocenters. The second-order valence-corrected chi connectivity index (χ2v) is 9.04. The molecule has 5 nitrogen and oxygen atoms in total. The largest absolute Gasteiger partial charge is 0.324 e. The summed E-state index contributed by atoms with van der Waals surface area (Å²) in [6.45, 7) is 8.33. The van der Waals surface area contributed by atoms with E-state index in [9.17, 15) is 4.79 Å². The minimum absolute atomic E-state index is 0.158. The highest BCUT2D eigenvalue weighted by molar-refractivity contribution is 6.36. The third kappa shape index (κ3) is 4.42. The van der Waals surface area contributed by atoms with Crippen LogP contribution in [0.2, 0.25) is 5.02 Å². The van der Waals surface area contributed by atoms with E-state index in [0.29, 0.717) is 16.5 Å². The number of amides is 2. The number of rotatable bonds is 3. The van der Waals surface area contributed by atoms with E-state index in [1.54, 1.807) is 10.7 Å². The molecule has 1 heterocycles. The smallest absolute Gasteiger partial charge is 0.307 e. The normalized spacial score (nSPS) is 11.5. The van der Waals surface area contributed by atoms with Crippen LogP contribution in [0.15, 0.2) is 66.7 Å². The van der Waals surface area contributed by atoms with E-state index in [-0.39, 0.29) is 11.4 Å². The third-order valence-corrected chi connectivity index (χ3v) is 5.45. The minimum Gasteiger partial charge on any atom is -0.307 e. The lowest BCUT2D eigenvalue weighted by atomic mass is 9.92. The van der Waals surface area contributed by atoms with Crippen LogP contribution in [-0.2, 0) is 5.41 Å². The highest BCUT2D eigenvalue weighted by atomic mass is 35.5. The van der Waals surface area contributed by atoms with Crippen molar-refractivity contribution in [3.05, 3.63) is 83.0 Å². The number of urea groups is 1. The summed E-state index contributed by atoms with van der Waals surface area (Å²) >= 11 is 6.30. The highest BCUT2D eigenvalue weighted by Gasteiger charge is 2.21. The van der Waals surface area contributed by atoms with Crippen molar-refractivity contribution in [2.24, 2.45) is 0 Å². The van der Waals surface area contributed by atoms with E-state index < -0.39 is 0 Å². The van der Waals surface area contributed by atoms with Gasteiger partial charge in [-0.2, -0.15) is 5.10 Å². The molecule has 4 aromatic rings. The van der Waals surface area contributed by atoms with Crippen LogP contribution in [0.5, 0.6) is 0 Å². The number of fused-ring (bicyclic) bond motifs is 1. The van der Waals surface area contributed by atoms with E-state index in [4.69, 9.17) is 16.7 Å². The van der Waals surface area contributed by atoms with Crippen molar-refractivity contribution in [1.82, 2.24) is 9.78 Å². The lowest BCUT2D eigenvalue weighted by molar-refractivity contribution is 0.262. The Hall–Kier alpha value is -3.31. The molecule has 0 saturated carbocycles. The van der Waals surface area contributed by atoms with Crippen LogP contribution >= 0.6 is 11.6 Å². The fourth-order valence-corrected chi connectivity index (χ4v) is 3.59. The van der Waals surface area contributed by atoms with Gasteiger partial charge in [0.05, 0.1) is 17.1 Å². The van der Waals surface area contributed by atoms with Gasteiger partial charge in [0, 0.05) is 27.3 Å². The third-order valence-electron chi connectivity index (χ3n) is 5.12. The maximum Gasteiger partial charge on any atom is 0.324 e. The molecule has 4 rings (SSSR count). The standard InChI is InChI=1S/C25H25ClN4O/c1-16-9-11-17(12-10-16)30-23(15-22(29-30)25(2,3)4)28-24(31)27-21-14-13-20(26)18-7-5-6-8-19(18)21/h5-15H,1-4H3,(H2,27,28,31). The maximum atomic E-state index is 12.9. The van der Waals surface area contributed by atoms with Gasteiger partial charge in [-0.25, -0.2) is 9.48 Å². The molecule has 0 spiro atoms. The number of hydrogen-bond donors (Lipinski definition) is 2. The number of benzene rings is 3. The van der Waals surface area contributed by atoms with Gasteiger partial charge in [-0.3, -0.25) is 5.32 Å². The first-order valence-electron chi connectivity index (χ1n) is 10.2. The fraction of sp³-hybridized carbons (Fsp3) is 0.200. The van der Waals surface area contributed by atoms with Gasteiger partial charge in [0.15, 0.2) is 0 Å². The number of hydrogen-bond acceptors (Lipinski definition) is 2. The van der Waals surface area contributed by atoms with Crippen molar-refractivity contribution < 1.29 is 4.79 Å². The molecule has 0 atom stereocenters. The van der Waals surface area contributed by atoms with Crippen LogP contribution in [0.3, 0.4) is 0 Å². The van der Waals surface area contributed by atoms with Gasteiger partial charge in [0.1, 0.15) is 5.82 Å². The Kier molecular flexibility index (Phi) is 5.46. The number of aromatic nitrogens is 2. The predicted octanol–water partition coefficient (Wildman–Crippen LogP) is 6.93. The Labute approximate surface area is 187 Å². The minimum atomic E-state index is -0.346. The Morgan fingerprint density at radius 1 is 0.935 bits per heavy atom. The molecule has 0 fully saturated rings. The number of anilines is 2. The summed E-state index contributed by atoms with van der Waals surface area (Å²) in [5, 5.41) is 13.1. The van der Waals surface area contributed by atoms with Gasteiger partial charge in [-0.1, -0.05) is 74.3 Å². The molecule has 2 amide bonds. The van der Waals surface area contributed by atoms with Gasteiger partial charge in [-0.05, 0) is 31.2 Å². The molecule has 1 aromatic heterocycles. The van der Waals surface area contributed by atoms with E-state index in [1.807, 2.05) is 67.6 Å². The van der Waals surface area contributed by atoms with Crippen LogP contribution in [0, 0.1) is 6.92 Å². The summed E-state index contributed by atoms with van der Waals surface area (Å²) in [6.07, 6.45) is 0. The zero-order valence-corrected chi connectivity index (χ0v) is 18.8. The monoisotopic (exact) mass is 432 g/mol. The molecule has 2 N–H and O–H groups in total. The van der Waals surface area contributed by atoms with Crippen LogP contribution in [0.25, 0.3) is 16.5 Å². The van der Waals surface area contributed by atoms with Gasteiger partial charge >= 0.3 is 6.03 Å². The summed E-state index contributed by atoms with van der Waals surface area (Å²) < 4.78 is 1.76. The molecular formula is C25H25ClN4O. The molecule has 0 aliphatic carbocycles. The second-order valence-electron chi connectivity index (χ2n) is 8.63. The lowest BCUT2D eigenvalue weighted by Gasteiger charge is -2.14. The first-order valence-corrected chi connectivity index (χ1v) is 10.5. The topological polar surface area (TPSA) is 59.0 Å². The summed E-state index contributed by atoms with van der Waals surface area (Å²) in [5.41, 5.74) is 3.47. The van der Waals surface area contributed by atoms with Crippen molar-refractivity contribution in [2.75, 3.05) is 10.6 Å². The van der Waals surface area contributed by atoms with Gasteiger partial charge in [0.2, 0.25) is 0 Å². The van der Waals surface area contributed by atoms with Crippen LogP contribution in [-0.4, -0.2) is 15.8 Å². The predicted molar refractivity (Wildman–Crippen MR) is 129 cm³/mol. The fourth-order valence-electron chi connectivity index (χ4n) is 3.36. The van der Waals surface area contributed by atoms with E-state index in [1.165, 1.54) is 0 Å². The number of aryl methyl sites for hydroxylation is 1. The molecule has 158 valence electrons. The summed E-state index contributed by atoms with van der Waals surface area (Å²) in [4.78, 5) is 12.9. The highest BCUT2D eigenvalue weighted by Crippen LogP contribution is 2.30. The molecule has 0 saturated heterocycles. The lowest BCUT2D eigenvalue weighted by Crippen LogP contribution is -2.21. The number of nitrogens with zero attached hydrogens (tertiary/aromatic N) is 2. The average Bonchev–Trinajstić information content (AvgIpc) is 3.15. The molecule has 0 bridgehead atoms. The molecular weight excluding hydrogens is 408 g/mol. The number of nitrogens with one attached hydrogen (secondary N) is 2. The molecule has 0 aliphatic rings. The Morgan fingerprint density at radius 3 is 2.29 bits per heavy atom. The first-order chi connectivity index (χ1) is 14.7. The summed E-state index contributed by atoms with van der Waals surface area (Å²) in [6, 6.07) is 20.9. The summed E-state index contributed by atoms with van der Waals surface area (Å²) in [5.74, 6) is 0.601. The molecule has 0 radical (unpaired) electrons. The van der Waals surface area contributed by atoms with E-state index in [2.05, 4.69) is 31.4 Å². The van der Waals surface area contributed by atoms with Gasteiger partial charge < -0.3 is 5.32 Å². The van der Waals surface area contributed by atoms with Crippen molar-refractivity contribution in [2.45, 2.75) is 33.1 Å². The number of carbonyl (C=O) groups excluding carboxylic acids is 1. The van der Waals surface area contributed by atoms with E-state index >= 15 is 0 Å². The second kappa shape index (κ2) is 8.08. The van der Waals surface area contributed by atoms with Crippen LogP contribution < -0.4 is 10.6 Å². The first kappa shape index (κ1) is 20.9. The molecule has 3 aromatic carbocycles.